The maximum absolute atomic E-state index is 12.3. The summed E-state index contributed by atoms with van der Waals surface area (Å²) >= 11 is 6.21. The van der Waals surface area contributed by atoms with Gasteiger partial charge in [0, 0.05) is 10.9 Å². The molecule has 7 nitrogen and oxygen atoms in total. The van der Waals surface area contributed by atoms with Gasteiger partial charge in [-0.2, -0.15) is 15.8 Å². The quantitative estimate of drug-likeness (QED) is 0.774. The van der Waals surface area contributed by atoms with Gasteiger partial charge in [-0.3, -0.25) is 4.79 Å². The Balaban J connectivity index is 2.38. The second-order valence-corrected chi connectivity index (χ2v) is 5.90. The molecule has 1 fully saturated rings. The van der Waals surface area contributed by atoms with Crippen molar-refractivity contribution in [1.29, 1.82) is 15.8 Å². The number of amidine groups is 1. The van der Waals surface area contributed by atoms with Crippen molar-refractivity contribution in [2.75, 3.05) is 0 Å². The molecule has 2 aliphatic rings. The number of rotatable bonds is 2. The monoisotopic (exact) mass is 336 g/mol. The zero-order chi connectivity index (χ0) is 17.7. The van der Waals surface area contributed by atoms with E-state index in [0.717, 1.165) is 0 Å². The Morgan fingerprint density at radius 1 is 1.25 bits per heavy atom. The van der Waals surface area contributed by atoms with Crippen molar-refractivity contribution in [1.82, 2.24) is 0 Å². The maximum Gasteiger partial charge on any atom is 0.234 e. The van der Waals surface area contributed by atoms with Crippen molar-refractivity contribution in [2.45, 2.75) is 5.92 Å². The lowest BCUT2D eigenvalue weighted by atomic mass is 9.90. The summed E-state index contributed by atoms with van der Waals surface area (Å²) in [6.45, 7) is 0. The molecule has 4 N–H and O–H groups in total. The third-order valence-electron chi connectivity index (χ3n) is 4.66. The van der Waals surface area contributed by atoms with Crippen molar-refractivity contribution in [3.63, 3.8) is 0 Å². The highest BCUT2D eigenvalue weighted by Gasteiger charge is 2.88. The molecule has 24 heavy (non-hydrogen) atoms. The number of nitrogens with two attached hydrogens (primary N) is 2. The molecular weight excluding hydrogens is 328 g/mol. The number of nitrogens with zero attached hydrogens (tertiary/aromatic N) is 4. The third-order valence-corrected chi connectivity index (χ3v) is 5.00. The highest BCUT2D eigenvalue weighted by molar-refractivity contribution is 6.32. The molecule has 1 heterocycles. The topological polar surface area (TPSA) is 153 Å². The number of hydrogen-bond donors (Lipinski definition) is 2. The van der Waals surface area contributed by atoms with Crippen molar-refractivity contribution in [3.05, 3.63) is 46.1 Å². The molecule has 0 spiro atoms. The van der Waals surface area contributed by atoms with Gasteiger partial charge in [0.15, 0.2) is 5.57 Å². The van der Waals surface area contributed by atoms with Crippen LogP contribution in [0.15, 0.2) is 40.5 Å². The van der Waals surface area contributed by atoms with Gasteiger partial charge in [-0.25, -0.2) is 4.99 Å². The number of aliphatic imine (C=N–C) groups is 1. The summed E-state index contributed by atoms with van der Waals surface area (Å²) in [6.07, 6.45) is 0. The lowest BCUT2D eigenvalue weighted by molar-refractivity contribution is -0.121. The first-order chi connectivity index (χ1) is 11.4. The standard InChI is InChI=1S/C16H9ClN6O/c17-10-4-2-1-3-9(10)11-15(7-20)12(8(5-18)6-19)23-13(21)16(11,15)14(22)24/h1-4,11H,(H2,21,23)(H2,22,24). The number of amides is 1. The molecule has 3 rings (SSSR count). The number of benzene rings is 1. The maximum atomic E-state index is 12.3. The Morgan fingerprint density at radius 2 is 1.88 bits per heavy atom. The highest BCUT2D eigenvalue weighted by Crippen LogP contribution is 2.80. The fraction of sp³-hybridized carbons (Fsp3) is 0.188. The molecule has 8 heteroatoms. The molecule has 0 aromatic heterocycles. The van der Waals surface area contributed by atoms with Crippen molar-refractivity contribution >= 4 is 23.3 Å². The summed E-state index contributed by atoms with van der Waals surface area (Å²) in [5.74, 6) is -1.83. The predicted molar refractivity (Wildman–Crippen MR) is 83.7 cm³/mol. The number of allylic oxidation sites excluding steroid dienone is 2. The van der Waals surface area contributed by atoms with E-state index in [2.05, 4.69) is 4.99 Å². The SMILES string of the molecule is N#CC(C#N)=C1N=C(N)C2(C(N)=O)C(c3ccccc3Cl)C12C#N. The first-order valence-electron chi connectivity index (χ1n) is 6.78. The molecule has 1 aromatic rings. The van der Waals surface area contributed by atoms with Crippen molar-refractivity contribution in [3.8, 4) is 18.2 Å². The summed E-state index contributed by atoms with van der Waals surface area (Å²) in [7, 11) is 0. The van der Waals surface area contributed by atoms with E-state index in [0.29, 0.717) is 10.6 Å². The number of halogens is 1. The summed E-state index contributed by atoms with van der Waals surface area (Å²) in [6, 6.07) is 12.1. The minimum absolute atomic E-state index is 0.129. The molecule has 1 amide bonds. The Labute approximate surface area is 142 Å². The van der Waals surface area contributed by atoms with Gasteiger partial charge in [-0.05, 0) is 11.6 Å². The van der Waals surface area contributed by atoms with Gasteiger partial charge in [0.1, 0.15) is 28.8 Å². The number of carbonyl (C=O) groups excluding carboxylic acids is 1. The van der Waals surface area contributed by atoms with Crippen LogP contribution in [0.25, 0.3) is 0 Å². The van der Waals surface area contributed by atoms with Gasteiger partial charge >= 0.3 is 0 Å². The average Bonchev–Trinajstić information content (AvgIpc) is 3.11. The summed E-state index contributed by atoms with van der Waals surface area (Å²) in [5.41, 5.74) is 8.27. The average molecular weight is 337 g/mol. The first kappa shape index (κ1) is 15.6. The molecule has 1 aliphatic heterocycles. The van der Waals surface area contributed by atoms with Crippen LogP contribution in [0.2, 0.25) is 5.02 Å². The van der Waals surface area contributed by atoms with Crippen LogP contribution in [0.4, 0.5) is 0 Å². The van der Waals surface area contributed by atoms with Gasteiger partial charge in [0.2, 0.25) is 5.91 Å². The zero-order valence-corrected chi connectivity index (χ0v) is 12.9. The van der Waals surface area contributed by atoms with E-state index in [-0.39, 0.29) is 17.1 Å². The number of primary amides is 1. The Hall–Kier alpha value is -3.34. The van der Waals surface area contributed by atoms with Crippen LogP contribution < -0.4 is 11.5 Å². The van der Waals surface area contributed by atoms with Crippen LogP contribution in [0, 0.1) is 44.8 Å². The number of nitriles is 3. The van der Waals surface area contributed by atoms with E-state index in [4.69, 9.17) is 33.6 Å². The molecule has 0 saturated heterocycles. The van der Waals surface area contributed by atoms with Crippen molar-refractivity contribution < 1.29 is 4.79 Å². The number of carbonyl (C=O) groups is 1. The first-order valence-corrected chi connectivity index (χ1v) is 7.16. The van der Waals surface area contributed by atoms with Crippen LogP contribution >= 0.6 is 11.6 Å². The minimum atomic E-state index is -1.61. The van der Waals surface area contributed by atoms with Gasteiger partial charge < -0.3 is 11.5 Å². The summed E-state index contributed by atoms with van der Waals surface area (Å²) in [4.78, 5) is 16.2. The zero-order valence-electron chi connectivity index (χ0n) is 12.1. The van der Waals surface area contributed by atoms with Crippen LogP contribution in [0.5, 0.6) is 0 Å². The Bertz CT molecular complexity index is 960. The summed E-state index contributed by atoms with van der Waals surface area (Å²) in [5, 5.41) is 28.5. The van der Waals surface area contributed by atoms with Gasteiger partial charge in [0.25, 0.3) is 0 Å². The van der Waals surface area contributed by atoms with E-state index < -0.39 is 22.7 Å². The lowest BCUT2D eigenvalue weighted by Gasteiger charge is -2.11. The number of fused-ring (bicyclic) bond motifs is 1. The molecule has 3 unspecified atom stereocenters. The summed E-state index contributed by atoms with van der Waals surface area (Å²) < 4.78 is 0. The second kappa shape index (κ2) is 4.83. The lowest BCUT2D eigenvalue weighted by Crippen LogP contribution is -2.39. The molecular formula is C16H9ClN6O. The van der Waals surface area contributed by atoms with E-state index >= 15 is 0 Å². The van der Waals surface area contributed by atoms with Crippen LogP contribution in [0.3, 0.4) is 0 Å². The van der Waals surface area contributed by atoms with Crippen LogP contribution in [-0.2, 0) is 4.79 Å². The van der Waals surface area contributed by atoms with Crippen LogP contribution in [0.1, 0.15) is 11.5 Å². The van der Waals surface area contributed by atoms with Crippen molar-refractivity contribution in [2.24, 2.45) is 27.3 Å². The third kappa shape index (κ3) is 1.44. The Morgan fingerprint density at radius 3 is 2.38 bits per heavy atom. The molecule has 1 aliphatic carbocycles. The second-order valence-electron chi connectivity index (χ2n) is 5.49. The van der Waals surface area contributed by atoms with Gasteiger partial charge in [-0.1, -0.05) is 29.8 Å². The Kier molecular flexibility index (Phi) is 3.13. The molecule has 1 aromatic carbocycles. The normalized spacial score (nSPS) is 29.5. The smallest absolute Gasteiger partial charge is 0.234 e. The van der Waals surface area contributed by atoms with Gasteiger partial charge in [0.05, 0.1) is 11.8 Å². The molecule has 3 atom stereocenters. The fourth-order valence-electron chi connectivity index (χ4n) is 3.67. The fourth-order valence-corrected chi connectivity index (χ4v) is 3.92. The molecule has 0 radical (unpaired) electrons. The van der Waals surface area contributed by atoms with E-state index in [9.17, 15) is 10.1 Å². The minimum Gasteiger partial charge on any atom is -0.386 e. The predicted octanol–water partition coefficient (Wildman–Crippen LogP) is 1.09. The number of hydrogen-bond acceptors (Lipinski definition) is 6. The van der Waals surface area contributed by atoms with E-state index in [1.165, 1.54) is 0 Å². The molecule has 116 valence electrons. The van der Waals surface area contributed by atoms with Gasteiger partial charge in [-0.15, -0.1) is 0 Å². The molecule has 1 saturated carbocycles. The highest BCUT2D eigenvalue weighted by atomic mass is 35.5. The molecule has 0 bridgehead atoms. The van der Waals surface area contributed by atoms with E-state index in [1.54, 1.807) is 36.4 Å². The van der Waals surface area contributed by atoms with E-state index in [1.807, 2.05) is 6.07 Å². The van der Waals surface area contributed by atoms with Crippen LogP contribution in [-0.4, -0.2) is 11.7 Å². The largest absolute Gasteiger partial charge is 0.386 e.